The summed E-state index contributed by atoms with van der Waals surface area (Å²) >= 11 is 0. The van der Waals surface area contributed by atoms with Crippen LogP contribution in [0.25, 0.3) is 16.7 Å². The minimum absolute atomic E-state index is 0.310. The summed E-state index contributed by atoms with van der Waals surface area (Å²) in [6.45, 7) is 2.21. The SMILES string of the molecule is COc1cc2c(cc1OC)-c1cc(OC)c(OC)cc1[C@H]1CN3CCCC3C=C21. The molecule has 2 aromatic rings. The van der Waals surface area contributed by atoms with Gasteiger partial charge < -0.3 is 18.9 Å². The van der Waals surface area contributed by atoms with Gasteiger partial charge in [0.2, 0.25) is 0 Å². The number of hydrogen-bond acceptors (Lipinski definition) is 5. The molecule has 5 heteroatoms. The predicted molar refractivity (Wildman–Crippen MR) is 113 cm³/mol. The highest BCUT2D eigenvalue weighted by Crippen LogP contribution is 2.54. The third kappa shape index (κ3) is 2.71. The molecule has 5 rings (SSSR count). The number of ether oxygens (including phenoxy) is 4. The van der Waals surface area contributed by atoms with Crippen LogP contribution in [0, 0.1) is 0 Å². The van der Waals surface area contributed by atoms with Crippen molar-refractivity contribution in [2.24, 2.45) is 0 Å². The van der Waals surface area contributed by atoms with Gasteiger partial charge >= 0.3 is 0 Å². The second-order valence-corrected chi connectivity index (χ2v) is 7.93. The normalized spacial score (nSPS) is 22.0. The fraction of sp³-hybridized carbons (Fsp3) is 0.417. The van der Waals surface area contributed by atoms with E-state index in [-0.39, 0.29) is 0 Å². The van der Waals surface area contributed by atoms with Gasteiger partial charge in [0.15, 0.2) is 23.0 Å². The molecule has 0 amide bonds. The van der Waals surface area contributed by atoms with Crippen LogP contribution < -0.4 is 18.9 Å². The zero-order chi connectivity index (χ0) is 20.1. The Balaban J connectivity index is 1.79. The maximum Gasteiger partial charge on any atom is 0.161 e. The summed E-state index contributed by atoms with van der Waals surface area (Å²) in [5, 5.41) is 0. The average molecular weight is 393 g/mol. The molecule has 2 heterocycles. The van der Waals surface area contributed by atoms with Gasteiger partial charge in [-0.25, -0.2) is 0 Å². The molecule has 0 spiro atoms. The average Bonchev–Trinajstić information content (AvgIpc) is 3.23. The maximum atomic E-state index is 5.64. The van der Waals surface area contributed by atoms with Crippen LogP contribution in [0.3, 0.4) is 0 Å². The maximum absolute atomic E-state index is 5.64. The minimum atomic E-state index is 0.310. The zero-order valence-corrected chi connectivity index (χ0v) is 17.5. The lowest BCUT2D eigenvalue weighted by molar-refractivity contribution is 0.273. The molecule has 29 heavy (non-hydrogen) atoms. The number of rotatable bonds is 4. The fourth-order valence-electron chi connectivity index (χ4n) is 5.22. The first-order valence-electron chi connectivity index (χ1n) is 10.2. The third-order valence-corrected chi connectivity index (χ3v) is 6.63. The molecule has 2 atom stereocenters. The Hall–Kier alpha value is -2.66. The summed E-state index contributed by atoms with van der Waals surface area (Å²) in [6, 6.07) is 9.02. The van der Waals surface area contributed by atoms with Gasteiger partial charge in [0, 0.05) is 18.5 Å². The smallest absolute Gasteiger partial charge is 0.161 e. The lowest BCUT2D eigenvalue weighted by atomic mass is 9.72. The van der Waals surface area contributed by atoms with Gasteiger partial charge in [0.05, 0.1) is 28.4 Å². The number of methoxy groups -OCH3 is 4. The van der Waals surface area contributed by atoms with Crippen LogP contribution in [0.4, 0.5) is 0 Å². The molecule has 152 valence electrons. The summed E-state index contributed by atoms with van der Waals surface area (Å²) in [4.78, 5) is 2.61. The van der Waals surface area contributed by atoms with Gasteiger partial charge in [0.1, 0.15) is 0 Å². The van der Waals surface area contributed by atoms with Crippen LogP contribution in [-0.2, 0) is 0 Å². The molecule has 0 aromatic heterocycles. The van der Waals surface area contributed by atoms with Gasteiger partial charge in [-0.3, -0.25) is 4.90 Å². The minimum Gasteiger partial charge on any atom is -0.493 e. The van der Waals surface area contributed by atoms with E-state index in [9.17, 15) is 0 Å². The molecule has 2 aromatic carbocycles. The Morgan fingerprint density at radius 1 is 0.759 bits per heavy atom. The first-order valence-corrected chi connectivity index (χ1v) is 10.2. The molecule has 3 aliphatic rings. The lowest BCUT2D eigenvalue weighted by Gasteiger charge is -2.40. The molecule has 1 unspecified atom stereocenters. The van der Waals surface area contributed by atoms with Crippen molar-refractivity contribution in [1.82, 2.24) is 4.90 Å². The van der Waals surface area contributed by atoms with Crippen molar-refractivity contribution >= 4 is 5.57 Å². The molecule has 1 saturated heterocycles. The molecule has 1 aliphatic carbocycles. The summed E-state index contributed by atoms with van der Waals surface area (Å²) in [6.07, 6.45) is 4.97. The first kappa shape index (κ1) is 18.4. The highest BCUT2D eigenvalue weighted by molar-refractivity contribution is 5.94. The largest absolute Gasteiger partial charge is 0.493 e. The zero-order valence-electron chi connectivity index (χ0n) is 17.5. The topological polar surface area (TPSA) is 40.2 Å². The van der Waals surface area contributed by atoms with Crippen LogP contribution in [-0.4, -0.2) is 52.5 Å². The van der Waals surface area contributed by atoms with Gasteiger partial charge in [-0.1, -0.05) is 6.08 Å². The fourth-order valence-corrected chi connectivity index (χ4v) is 5.22. The highest BCUT2D eigenvalue weighted by atomic mass is 16.5. The van der Waals surface area contributed by atoms with Gasteiger partial charge in [-0.2, -0.15) is 0 Å². The van der Waals surface area contributed by atoms with Crippen LogP contribution in [0.2, 0.25) is 0 Å². The monoisotopic (exact) mass is 393 g/mol. The molecule has 2 aliphatic heterocycles. The third-order valence-electron chi connectivity index (χ3n) is 6.63. The second kappa shape index (κ2) is 6.99. The molecular formula is C24H27NO4. The molecule has 0 radical (unpaired) electrons. The standard InChI is InChI=1S/C24H27NO4/c1-26-21-9-16-15-8-14-6-5-7-25(14)13-20(15)19-12-24(29-4)23(28-3)11-18(19)17(16)10-22(21)27-2/h8-12,14,20H,5-7,13H2,1-4H3/t14?,20-/m0/s1. The summed E-state index contributed by atoms with van der Waals surface area (Å²) in [5.41, 5.74) is 6.26. The summed E-state index contributed by atoms with van der Waals surface area (Å²) in [5.74, 6) is 3.34. The van der Waals surface area contributed by atoms with Crippen LogP contribution in [0.1, 0.15) is 29.9 Å². The van der Waals surface area contributed by atoms with Gasteiger partial charge in [0.25, 0.3) is 0 Å². The van der Waals surface area contributed by atoms with Crippen molar-refractivity contribution < 1.29 is 18.9 Å². The Labute approximate surface area is 171 Å². The van der Waals surface area contributed by atoms with Crippen molar-refractivity contribution in [1.29, 1.82) is 0 Å². The Kier molecular flexibility index (Phi) is 4.43. The van der Waals surface area contributed by atoms with Crippen LogP contribution in [0.15, 0.2) is 30.3 Å². The first-order chi connectivity index (χ1) is 14.2. The summed E-state index contributed by atoms with van der Waals surface area (Å²) < 4.78 is 22.5. The van der Waals surface area contributed by atoms with E-state index in [4.69, 9.17) is 18.9 Å². The van der Waals surface area contributed by atoms with E-state index in [1.165, 1.54) is 41.6 Å². The molecule has 1 fully saturated rings. The molecule has 0 bridgehead atoms. The molecular weight excluding hydrogens is 366 g/mol. The van der Waals surface area contributed by atoms with Gasteiger partial charge in [-0.15, -0.1) is 0 Å². The van der Waals surface area contributed by atoms with E-state index >= 15 is 0 Å². The van der Waals surface area contributed by atoms with Crippen molar-refractivity contribution in [3.05, 3.63) is 41.5 Å². The molecule has 5 nitrogen and oxygen atoms in total. The molecule has 0 saturated carbocycles. The number of fused-ring (bicyclic) bond motifs is 7. The second-order valence-electron chi connectivity index (χ2n) is 7.93. The number of hydrogen-bond donors (Lipinski definition) is 0. The van der Waals surface area contributed by atoms with Gasteiger partial charge in [-0.05, 0) is 71.5 Å². The van der Waals surface area contributed by atoms with Crippen molar-refractivity contribution in [3.8, 4) is 34.1 Å². The lowest BCUT2D eigenvalue weighted by Crippen LogP contribution is -2.37. The molecule has 0 N–H and O–H groups in total. The quantitative estimate of drug-likeness (QED) is 0.773. The van der Waals surface area contributed by atoms with Crippen molar-refractivity contribution in [2.75, 3.05) is 41.5 Å². The Bertz CT molecular complexity index is 997. The van der Waals surface area contributed by atoms with E-state index < -0.39 is 0 Å². The van der Waals surface area contributed by atoms with Crippen LogP contribution in [0.5, 0.6) is 23.0 Å². The highest BCUT2D eigenvalue weighted by Gasteiger charge is 2.39. The van der Waals surface area contributed by atoms with Crippen LogP contribution >= 0.6 is 0 Å². The van der Waals surface area contributed by atoms with Crippen molar-refractivity contribution in [3.63, 3.8) is 0 Å². The van der Waals surface area contributed by atoms with E-state index in [1.807, 2.05) is 0 Å². The van der Waals surface area contributed by atoms with E-state index in [0.717, 1.165) is 35.1 Å². The van der Waals surface area contributed by atoms with E-state index in [0.29, 0.717) is 12.0 Å². The summed E-state index contributed by atoms with van der Waals surface area (Å²) in [7, 11) is 6.76. The van der Waals surface area contributed by atoms with E-state index in [2.05, 4.69) is 35.2 Å². The predicted octanol–water partition coefficient (Wildman–Crippen LogP) is 4.35. The Morgan fingerprint density at radius 3 is 2.00 bits per heavy atom. The van der Waals surface area contributed by atoms with E-state index in [1.54, 1.807) is 28.4 Å². The number of nitrogens with zero attached hydrogens (tertiary/aromatic N) is 1. The van der Waals surface area contributed by atoms with Crippen molar-refractivity contribution in [2.45, 2.75) is 24.8 Å². The number of benzene rings is 2. The Morgan fingerprint density at radius 2 is 1.34 bits per heavy atom.